The summed E-state index contributed by atoms with van der Waals surface area (Å²) in [5.41, 5.74) is -1.01. The predicted octanol–water partition coefficient (Wildman–Crippen LogP) is 5.59. The molecule has 0 atom stereocenters. The summed E-state index contributed by atoms with van der Waals surface area (Å²) in [7, 11) is 0. The van der Waals surface area contributed by atoms with Crippen LogP contribution in [0.1, 0.15) is 26.3 Å². The molecule has 170 valence electrons. The maximum absolute atomic E-state index is 14.2. The molecule has 1 aliphatic heterocycles. The Morgan fingerprint density at radius 3 is 2.09 bits per heavy atom. The standard InChI is InChI=1S/C21H16F5IN2O3/c1-4-31-13-8-10(7-12(27)20(13)32-5-2)6-11-9(3)28-29(21(11)30)19-17(25)15(23)14(22)16(24)18(19)26/h6-8H,4-5H2,1-3H3/b11-6-. The van der Waals surface area contributed by atoms with Gasteiger partial charge < -0.3 is 9.47 Å². The zero-order valence-electron chi connectivity index (χ0n) is 17.0. The summed E-state index contributed by atoms with van der Waals surface area (Å²) in [4.78, 5) is 12.8. The van der Waals surface area contributed by atoms with Crippen LogP contribution in [0.2, 0.25) is 0 Å². The number of amides is 1. The van der Waals surface area contributed by atoms with Crippen LogP contribution in [0.4, 0.5) is 27.6 Å². The van der Waals surface area contributed by atoms with E-state index in [2.05, 4.69) is 5.10 Å². The molecule has 0 spiro atoms. The molecule has 0 aromatic heterocycles. The summed E-state index contributed by atoms with van der Waals surface area (Å²) in [5, 5.41) is 3.88. The number of halogens is 6. The van der Waals surface area contributed by atoms with Crippen LogP contribution in [0.25, 0.3) is 6.08 Å². The van der Waals surface area contributed by atoms with Gasteiger partial charge >= 0.3 is 0 Å². The average Bonchev–Trinajstić information content (AvgIpc) is 3.02. The van der Waals surface area contributed by atoms with Crippen LogP contribution in [-0.2, 0) is 4.79 Å². The van der Waals surface area contributed by atoms with E-state index < -0.39 is 40.7 Å². The Bertz CT molecular complexity index is 1140. The van der Waals surface area contributed by atoms with Gasteiger partial charge in [0.2, 0.25) is 5.82 Å². The minimum absolute atomic E-state index is 0.0285. The fourth-order valence-corrected chi connectivity index (χ4v) is 3.78. The molecule has 0 saturated carbocycles. The molecule has 1 heterocycles. The lowest BCUT2D eigenvalue weighted by atomic mass is 10.1. The summed E-state index contributed by atoms with van der Waals surface area (Å²) in [6.45, 7) is 5.72. The quantitative estimate of drug-likeness (QED) is 0.151. The lowest BCUT2D eigenvalue weighted by molar-refractivity contribution is -0.114. The Morgan fingerprint density at radius 1 is 0.969 bits per heavy atom. The second-order valence-corrected chi connectivity index (χ2v) is 7.64. The third kappa shape index (κ3) is 4.17. The first-order valence-corrected chi connectivity index (χ1v) is 10.4. The molecule has 0 unspecified atom stereocenters. The highest BCUT2D eigenvalue weighted by Gasteiger charge is 2.37. The molecule has 3 rings (SSSR count). The number of nitrogens with zero attached hydrogens (tertiary/aromatic N) is 2. The van der Waals surface area contributed by atoms with Gasteiger partial charge in [0.25, 0.3) is 5.91 Å². The first-order chi connectivity index (χ1) is 15.1. The molecule has 32 heavy (non-hydrogen) atoms. The van der Waals surface area contributed by atoms with Crippen LogP contribution in [0.5, 0.6) is 11.5 Å². The van der Waals surface area contributed by atoms with Crippen molar-refractivity contribution in [3.8, 4) is 11.5 Å². The minimum Gasteiger partial charge on any atom is -0.490 e. The van der Waals surface area contributed by atoms with Crippen molar-refractivity contribution in [2.45, 2.75) is 20.8 Å². The third-order valence-corrected chi connectivity index (χ3v) is 5.19. The molecule has 2 aromatic rings. The molecule has 0 bridgehead atoms. The van der Waals surface area contributed by atoms with Crippen molar-refractivity contribution in [2.24, 2.45) is 5.10 Å². The van der Waals surface area contributed by atoms with E-state index in [0.29, 0.717) is 33.8 Å². The number of hydrogen-bond donors (Lipinski definition) is 0. The fraction of sp³-hybridized carbons (Fsp3) is 0.238. The van der Waals surface area contributed by atoms with Crippen molar-refractivity contribution < 1.29 is 36.2 Å². The average molecular weight is 566 g/mol. The number of carbonyl (C=O) groups is 1. The van der Waals surface area contributed by atoms with Gasteiger partial charge in [-0.3, -0.25) is 4.79 Å². The highest BCUT2D eigenvalue weighted by molar-refractivity contribution is 14.1. The Balaban J connectivity index is 2.07. The molecule has 0 N–H and O–H groups in total. The van der Waals surface area contributed by atoms with Gasteiger partial charge in [-0.15, -0.1) is 0 Å². The molecule has 5 nitrogen and oxygen atoms in total. The second kappa shape index (κ2) is 9.43. The van der Waals surface area contributed by atoms with Crippen LogP contribution in [0, 0.1) is 32.7 Å². The van der Waals surface area contributed by atoms with Crippen LogP contribution < -0.4 is 14.5 Å². The van der Waals surface area contributed by atoms with E-state index in [1.54, 1.807) is 19.1 Å². The van der Waals surface area contributed by atoms with E-state index >= 15 is 0 Å². The van der Waals surface area contributed by atoms with E-state index in [1.807, 2.05) is 29.5 Å². The molecule has 0 aliphatic carbocycles. The third-order valence-electron chi connectivity index (χ3n) is 4.39. The number of hydrazone groups is 1. The zero-order valence-corrected chi connectivity index (χ0v) is 19.2. The normalized spacial score (nSPS) is 14.9. The lowest BCUT2D eigenvalue weighted by Crippen LogP contribution is -2.25. The van der Waals surface area contributed by atoms with Gasteiger partial charge in [0.05, 0.1) is 28.1 Å². The molecule has 1 aliphatic rings. The first-order valence-electron chi connectivity index (χ1n) is 9.34. The number of anilines is 1. The summed E-state index contributed by atoms with van der Waals surface area (Å²) >= 11 is 2.03. The largest absolute Gasteiger partial charge is 0.490 e. The molecule has 1 amide bonds. The predicted molar refractivity (Wildman–Crippen MR) is 116 cm³/mol. The van der Waals surface area contributed by atoms with Gasteiger partial charge in [0.1, 0.15) is 5.69 Å². The summed E-state index contributed by atoms with van der Waals surface area (Å²) in [5.74, 6) is -11.1. The SMILES string of the molecule is CCOc1cc(/C=C2\C(=O)N(c3c(F)c(F)c(F)c(F)c3F)N=C2C)cc(I)c1OCC. The van der Waals surface area contributed by atoms with Gasteiger partial charge in [-0.25, -0.2) is 22.0 Å². The van der Waals surface area contributed by atoms with Crippen molar-refractivity contribution in [1.29, 1.82) is 0 Å². The highest BCUT2D eigenvalue weighted by Crippen LogP contribution is 2.37. The van der Waals surface area contributed by atoms with Crippen molar-refractivity contribution in [1.82, 2.24) is 0 Å². The van der Waals surface area contributed by atoms with E-state index in [1.165, 1.54) is 13.0 Å². The number of ether oxygens (including phenoxy) is 2. The molecule has 11 heteroatoms. The number of benzene rings is 2. The lowest BCUT2D eigenvalue weighted by Gasteiger charge is -2.15. The molecular weight excluding hydrogens is 550 g/mol. The number of hydrogen-bond acceptors (Lipinski definition) is 4. The number of carbonyl (C=O) groups excluding carboxylic acids is 1. The molecule has 0 fully saturated rings. The topological polar surface area (TPSA) is 51.1 Å². The highest BCUT2D eigenvalue weighted by atomic mass is 127. The van der Waals surface area contributed by atoms with Crippen LogP contribution in [0.3, 0.4) is 0 Å². The molecular formula is C21H16F5IN2O3. The van der Waals surface area contributed by atoms with Crippen LogP contribution in [-0.4, -0.2) is 24.8 Å². The Morgan fingerprint density at radius 2 is 1.53 bits per heavy atom. The van der Waals surface area contributed by atoms with Crippen molar-refractivity contribution in [3.63, 3.8) is 0 Å². The van der Waals surface area contributed by atoms with Gasteiger partial charge in [-0.1, -0.05) is 0 Å². The monoisotopic (exact) mass is 566 g/mol. The summed E-state index contributed by atoms with van der Waals surface area (Å²) in [6.07, 6.45) is 1.38. The summed E-state index contributed by atoms with van der Waals surface area (Å²) in [6, 6.07) is 3.29. The van der Waals surface area contributed by atoms with Crippen LogP contribution in [0.15, 0.2) is 22.8 Å². The first kappa shape index (κ1) is 24.0. The minimum atomic E-state index is -2.32. The Hall–Kier alpha value is -2.70. The molecule has 2 aromatic carbocycles. The molecule has 0 radical (unpaired) electrons. The molecule has 0 saturated heterocycles. The summed E-state index contributed by atoms with van der Waals surface area (Å²) < 4.78 is 80.8. The maximum atomic E-state index is 14.2. The van der Waals surface area contributed by atoms with Gasteiger partial charge in [-0.2, -0.15) is 10.1 Å². The Labute approximate surface area is 193 Å². The van der Waals surface area contributed by atoms with Crippen molar-refractivity contribution in [2.75, 3.05) is 18.2 Å². The smallest absolute Gasteiger partial charge is 0.280 e. The van der Waals surface area contributed by atoms with Crippen LogP contribution >= 0.6 is 22.6 Å². The second-order valence-electron chi connectivity index (χ2n) is 6.47. The van der Waals surface area contributed by atoms with Gasteiger partial charge in [-0.05, 0) is 67.1 Å². The van der Waals surface area contributed by atoms with Gasteiger partial charge in [0.15, 0.2) is 34.8 Å². The van der Waals surface area contributed by atoms with E-state index in [0.717, 1.165) is 0 Å². The Kier molecular flexibility index (Phi) is 7.06. The van der Waals surface area contributed by atoms with E-state index in [9.17, 15) is 26.7 Å². The zero-order chi connectivity index (χ0) is 23.7. The number of rotatable bonds is 6. The van der Waals surface area contributed by atoms with Crippen molar-refractivity contribution >= 4 is 46.0 Å². The van der Waals surface area contributed by atoms with E-state index in [-0.39, 0.29) is 16.3 Å². The van der Waals surface area contributed by atoms with Crippen molar-refractivity contribution in [3.05, 3.63) is 55.9 Å². The van der Waals surface area contributed by atoms with Gasteiger partial charge in [0, 0.05) is 0 Å². The van der Waals surface area contributed by atoms with E-state index in [4.69, 9.17) is 9.47 Å². The maximum Gasteiger partial charge on any atom is 0.280 e. The fourth-order valence-electron chi connectivity index (χ4n) is 3.00.